The van der Waals surface area contributed by atoms with Crippen LogP contribution in [0.2, 0.25) is 0 Å². The lowest BCUT2D eigenvalue weighted by Crippen LogP contribution is -2.40. The van der Waals surface area contributed by atoms with E-state index in [-0.39, 0.29) is 29.8 Å². The molecule has 0 spiro atoms. The molecule has 3 aromatic rings. The Morgan fingerprint density at radius 3 is 2.90 bits per heavy atom. The van der Waals surface area contributed by atoms with E-state index in [1.165, 1.54) is 5.56 Å². The fraction of sp³-hybridized carbons (Fsp3) is 0.381. The molecule has 1 saturated heterocycles. The predicted octanol–water partition coefficient (Wildman–Crippen LogP) is 3.32. The second-order valence-corrected chi connectivity index (χ2v) is 7.30. The van der Waals surface area contributed by atoms with Gasteiger partial charge in [-0.3, -0.25) is 4.68 Å². The van der Waals surface area contributed by atoms with Gasteiger partial charge >= 0.3 is 0 Å². The Labute approximate surface area is 193 Å². The average Bonchev–Trinajstić information content (AvgIpc) is 3.46. The molecule has 1 aliphatic rings. The number of imidazole rings is 1. The summed E-state index contributed by atoms with van der Waals surface area (Å²) in [6.45, 7) is 5.13. The molecule has 0 bridgehead atoms. The van der Waals surface area contributed by atoms with Crippen LogP contribution in [-0.4, -0.2) is 49.8 Å². The van der Waals surface area contributed by atoms with E-state index in [9.17, 15) is 4.39 Å². The number of guanidine groups is 1. The van der Waals surface area contributed by atoms with Gasteiger partial charge < -0.3 is 14.8 Å². The summed E-state index contributed by atoms with van der Waals surface area (Å²) in [5.74, 6) is 1.05. The molecule has 1 N–H and O–H groups in total. The fourth-order valence-corrected chi connectivity index (χ4v) is 3.73. The largest absolute Gasteiger partial charge is 0.357 e. The molecule has 1 aliphatic heterocycles. The van der Waals surface area contributed by atoms with E-state index in [0.29, 0.717) is 18.2 Å². The number of aromatic nitrogens is 4. The summed E-state index contributed by atoms with van der Waals surface area (Å²) in [5, 5.41) is 7.66. The van der Waals surface area contributed by atoms with Gasteiger partial charge in [0, 0.05) is 51.2 Å². The van der Waals surface area contributed by atoms with Crippen molar-refractivity contribution in [2.75, 3.05) is 19.6 Å². The molecule has 0 aliphatic carbocycles. The maximum atomic E-state index is 14.5. The highest BCUT2D eigenvalue weighted by Gasteiger charge is 2.26. The summed E-state index contributed by atoms with van der Waals surface area (Å²) in [4.78, 5) is 11.0. The van der Waals surface area contributed by atoms with Crippen LogP contribution in [0.5, 0.6) is 0 Å². The zero-order valence-electron chi connectivity index (χ0n) is 17.2. The smallest absolute Gasteiger partial charge is 0.194 e. The third-order valence-corrected chi connectivity index (χ3v) is 5.22. The van der Waals surface area contributed by atoms with Crippen molar-refractivity contribution in [1.82, 2.24) is 29.5 Å². The van der Waals surface area contributed by atoms with Gasteiger partial charge in [-0.15, -0.1) is 24.0 Å². The molecule has 7 nitrogen and oxygen atoms in total. The standard InChI is InChI=1S/C21H26FN7.HI/c1-3-24-21(28-8-6-17(14-28)18-12-26-27(2)13-18)25-11-16-4-5-20(19(22)10-16)29-9-7-23-15-29;/h4-5,7,9-10,12-13,15,17H,3,6,8,11,14H2,1-2H3,(H,24,25);1H. The van der Waals surface area contributed by atoms with Gasteiger partial charge in [0.1, 0.15) is 5.82 Å². The second kappa shape index (κ2) is 10.1. The first kappa shape index (κ1) is 22.3. The van der Waals surface area contributed by atoms with Gasteiger partial charge in [0.25, 0.3) is 0 Å². The highest BCUT2D eigenvalue weighted by molar-refractivity contribution is 14.0. The van der Waals surface area contributed by atoms with Crippen molar-refractivity contribution >= 4 is 29.9 Å². The lowest BCUT2D eigenvalue weighted by Gasteiger charge is -2.21. The molecule has 0 amide bonds. The fourth-order valence-electron chi connectivity index (χ4n) is 3.73. The first-order chi connectivity index (χ1) is 14.1. The number of hydrogen-bond acceptors (Lipinski definition) is 3. The van der Waals surface area contributed by atoms with Crippen LogP contribution in [0.25, 0.3) is 5.69 Å². The normalized spacial score (nSPS) is 16.6. The number of nitrogens with zero attached hydrogens (tertiary/aromatic N) is 6. The third-order valence-electron chi connectivity index (χ3n) is 5.22. The molecule has 30 heavy (non-hydrogen) atoms. The Kier molecular flexibility index (Phi) is 7.46. The zero-order chi connectivity index (χ0) is 20.2. The van der Waals surface area contributed by atoms with E-state index >= 15 is 0 Å². The quantitative estimate of drug-likeness (QED) is 0.317. The minimum absolute atomic E-state index is 0. The molecule has 0 saturated carbocycles. The molecule has 0 radical (unpaired) electrons. The van der Waals surface area contributed by atoms with Crippen LogP contribution in [-0.2, 0) is 13.6 Å². The van der Waals surface area contributed by atoms with Crippen LogP contribution in [0.3, 0.4) is 0 Å². The summed E-state index contributed by atoms with van der Waals surface area (Å²) >= 11 is 0. The highest BCUT2D eigenvalue weighted by Crippen LogP contribution is 2.26. The molecule has 9 heteroatoms. The van der Waals surface area contributed by atoms with Crippen molar-refractivity contribution in [1.29, 1.82) is 0 Å². The average molecular weight is 523 g/mol. The first-order valence-electron chi connectivity index (χ1n) is 9.92. The first-order valence-corrected chi connectivity index (χ1v) is 9.92. The Morgan fingerprint density at radius 2 is 2.23 bits per heavy atom. The number of rotatable bonds is 5. The maximum Gasteiger partial charge on any atom is 0.194 e. The van der Waals surface area contributed by atoms with Crippen LogP contribution >= 0.6 is 24.0 Å². The van der Waals surface area contributed by atoms with Crippen LogP contribution in [0.1, 0.15) is 30.4 Å². The Bertz CT molecular complexity index is 983. The predicted molar refractivity (Wildman–Crippen MR) is 126 cm³/mol. The van der Waals surface area contributed by atoms with Crippen LogP contribution < -0.4 is 5.32 Å². The number of likely N-dealkylation sites (tertiary alicyclic amines) is 1. The van der Waals surface area contributed by atoms with Gasteiger partial charge in [-0.25, -0.2) is 14.4 Å². The van der Waals surface area contributed by atoms with E-state index < -0.39 is 0 Å². The molecule has 2 aromatic heterocycles. The monoisotopic (exact) mass is 523 g/mol. The summed E-state index contributed by atoms with van der Waals surface area (Å²) in [6, 6.07) is 5.22. The lowest BCUT2D eigenvalue weighted by atomic mass is 10.0. The highest BCUT2D eigenvalue weighted by atomic mass is 127. The van der Waals surface area contributed by atoms with E-state index in [1.54, 1.807) is 35.4 Å². The van der Waals surface area contributed by atoms with Crippen molar-refractivity contribution < 1.29 is 4.39 Å². The van der Waals surface area contributed by atoms with Gasteiger partial charge in [-0.1, -0.05) is 6.07 Å². The van der Waals surface area contributed by atoms with Crippen molar-refractivity contribution in [2.24, 2.45) is 12.0 Å². The molecular weight excluding hydrogens is 496 g/mol. The van der Waals surface area contributed by atoms with Crippen molar-refractivity contribution in [2.45, 2.75) is 25.8 Å². The summed E-state index contributed by atoms with van der Waals surface area (Å²) in [6.07, 6.45) is 10.1. The minimum Gasteiger partial charge on any atom is -0.357 e. The van der Waals surface area contributed by atoms with E-state index in [1.807, 2.05) is 24.0 Å². The topological polar surface area (TPSA) is 63.3 Å². The van der Waals surface area contributed by atoms with Gasteiger partial charge in [0.15, 0.2) is 5.96 Å². The van der Waals surface area contributed by atoms with Gasteiger partial charge in [0.2, 0.25) is 0 Å². The molecule has 4 rings (SSSR count). The Morgan fingerprint density at radius 1 is 1.37 bits per heavy atom. The molecule has 1 aromatic carbocycles. The summed E-state index contributed by atoms with van der Waals surface area (Å²) in [7, 11) is 1.94. The third kappa shape index (κ3) is 5.00. The second-order valence-electron chi connectivity index (χ2n) is 7.30. The number of aliphatic imine (C=N–C) groups is 1. The van der Waals surface area contributed by atoms with E-state index in [0.717, 1.165) is 37.6 Å². The van der Waals surface area contributed by atoms with Crippen molar-refractivity contribution in [3.05, 3.63) is 66.3 Å². The molecular formula is C21H27FIN7. The van der Waals surface area contributed by atoms with Crippen LogP contribution in [0.15, 0.2) is 54.3 Å². The molecule has 3 heterocycles. The maximum absolute atomic E-state index is 14.5. The number of nitrogens with one attached hydrogen (secondary N) is 1. The molecule has 160 valence electrons. The molecule has 1 unspecified atom stereocenters. The number of benzene rings is 1. The number of halogens is 2. The molecule has 1 atom stereocenters. The lowest BCUT2D eigenvalue weighted by molar-refractivity contribution is 0.486. The van der Waals surface area contributed by atoms with Crippen molar-refractivity contribution in [3.8, 4) is 5.69 Å². The number of aryl methyl sites for hydroxylation is 1. The van der Waals surface area contributed by atoms with Gasteiger partial charge in [-0.2, -0.15) is 5.10 Å². The summed E-state index contributed by atoms with van der Waals surface area (Å²) in [5.41, 5.74) is 2.59. The van der Waals surface area contributed by atoms with Crippen LogP contribution in [0, 0.1) is 5.82 Å². The Balaban J connectivity index is 0.00000256. The van der Waals surface area contributed by atoms with Gasteiger partial charge in [0.05, 0.1) is 24.8 Å². The van der Waals surface area contributed by atoms with E-state index in [2.05, 4.69) is 33.4 Å². The Hall–Kier alpha value is -2.43. The van der Waals surface area contributed by atoms with Crippen molar-refractivity contribution in [3.63, 3.8) is 0 Å². The van der Waals surface area contributed by atoms with E-state index in [4.69, 9.17) is 4.99 Å². The SMILES string of the molecule is CCNC(=NCc1ccc(-n2ccnc2)c(F)c1)N1CCC(c2cnn(C)c2)C1.I. The summed E-state index contributed by atoms with van der Waals surface area (Å²) < 4.78 is 18.0. The van der Waals surface area contributed by atoms with Gasteiger partial charge in [-0.05, 0) is 36.6 Å². The molecule has 1 fully saturated rings. The van der Waals surface area contributed by atoms with Crippen LogP contribution in [0.4, 0.5) is 4.39 Å². The minimum atomic E-state index is -0.279. The zero-order valence-corrected chi connectivity index (χ0v) is 19.5. The number of hydrogen-bond donors (Lipinski definition) is 1.